The van der Waals surface area contributed by atoms with Crippen molar-refractivity contribution < 1.29 is 19.1 Å². The summed E-state index contributed by atoms with van der Waals surface area (Å²) in [5.41, 5.74) is 2.62. The summed E-state index contributed by atoms with van der Waals surface area (Å²) in [6.07, 6.45) is 1.70. The number of aromatic nitrogens is 2. The van der Waals surface area contributed by atoms with Crippen LogP contribution in [0, 0.1) is 25.2 Å². The van der Waals surface area contributed by atoms with E-state index < -0.39 is 5.97 Å². The zero-order valence-corrected chi connectivity index (χ0v) is 16.2. The normalized spacial score (nSPS) is 10.3. The highest BCUT2D eigenvalue weighted by Crippen LogP contribution is 2.22. The molecule has 7 nitrogen and oxygen atoms in total. The number of ether oxygens (including phenoxy) is 2. The van der Waals surface area contributed by atoms with Crippen LogP contribution in [0.25, 0.3) is 5.13 Å². The molecule has 0 spiro atoms. The molecule has 3 aromatic rings. The summed E-state index contributed by atoms with van der Waals surface area (Å²) in [5, 5.41) is 11.4. The molecule has 0 saturated carbocycles. The van der Waals surface area contributed by atoms with Gasteiger partial charge < -0.3 is 9.47 Å². The zero-order chi connectivity index (χ0) is 20.1. The summed E-state index contributed by atoms with van der Waals surface area (Å²) < 4.78 is 12.2. The highest BCUT2D eigenvalue weighted by molar-refractivity contribution is 7.12. The van der Waals surface area contributed by atoms with Crippen molar-refractivity contribution in [2.75, 3.05) is 13.2 Å². The van der Waals surface area contributed by atoms with E-state index in [1.165, 1.54) is 11.3 Å². The van der Waals surface area contributed by atoms with Gasteiger partial charge in [-0.05, 0) is 44.2 Å². The van der Waals surface area contributed by atoms with Crippen LogP contribution in [-0.2, 0) is 9.53 Å². The summed E-state index contributed by atoms with van der Waals surface area (Å²) >= 11 is 1.48. The first-order valence-corrected chi connectivity index (χ1v) is 9.28. The number of esters is 1. The minimum Gasteiger partial charge on any atom is -0.482 e. The number of Topliss-reactive ketones (excluding diaryl/α,β-unsaturated/α-hetero) is 1. The molecule has 0 bridgehead atoms. The maximum atomic E-state index is 12.5. The Morgan fingerprint density at radius 1 is 1.21 bits per heavy atom. The molecule has 0 radical (unpaired) electrons. The number of rotatable bonds is 7. The summed E-state index contributed by atoms with van der Waals surface area (Å²) in [5.74, 6) is -0.497. The maximum Gasteiger partial charge on any atom is 0.344 e. The molecule has 0 aliphatic rings. The molecule has 3 rings (SSSR count). The van der Waals surface area contributed by atoms with E-state index in [0.717, 1.165) is 16.5 Å². The van der Waals surface area contributed by atoms with E-state index in [4.69, 9.17) is 14.7 Å². The third kappa shape index (κ3) is 4.27. The highest BCUT2D eigenvalue weighted by Gasteiger charge is 2.19. The van der Waals surface area contributed by atoms with Gasteiger partial charge in [0.25, 0.3) is 0 Å². The van der Waals surface area contributed by atoms with Crippen molar-refractivity contribution in [2.45, 2.75) is 13.8 Å². The van der Waals surface area contributed by atoms with Crippen molar-refractivity contribution in [3.8, 4) is 17.0 Å². The van der Waals surface area contributed by atoms with Gasteiger partial charge in [-0.1, -0.05) is 0 Å². The van der Waals surface area contributed by atoms with Gasteiger partial charge in [-0.15, -0.1) is 11.3 Å². The van der Waals surface area contributed by atoms with Crippen molar-refractivity contribution in [2.24, 2.45) is 0 Å². The van der Waals surface area contributed by atoms with Crippen LogP contribution < -0.4 is 4.74 Å². The summed E-state index contributed by atoms with van der Waals surface area (Å²) in [7, 11) is 0. The molecule has 0 atom stereocenters. The SMILES string of the molecule is Cc1cc(C(=O)COC(=O)COc2ccc(C#N)cc2)c(C)n1-c1nccs1. The van der Waals surface area contributed by atoms with E-state index in [2.05, 4.69) is 4.98 Å². The minimum atomic E-state index is -0.647. The molecular formula is C20H17N3O4S. The predicted octanol–water partition coefficient (Wildman–Crippen LogP) is 3.23. The van der Waals surface area contributed by atoms with E-state index in [0.29, 0.717) is 16.9 Å². The molecule has 1 aromatic carbocycles. The van der Waals surface area contributed by atoms with Crippen LogP contribution in [-0.4, -0.2) is 34.5 Å². The smallest absolute Gasteiger partial charge is 0.344 e. The van der Waals surface area contributed by atoms with Gasteiger partial charge in [0.05, 0.1) is 11.6 Å². The average molecular weight is 395 g/mol. The van der Waals surface area contributed by atoms with Crippen LogP contribution in [0.4, 0.5) is 0 Å². The summed E-state index contributed by atoms with van der Waals surface area (Å²) in [4.78, 5) is 28.6. The molecule has 8 heteroatoms. The molecule has 0 unspecified atom stereocenters. The number of aryl methyl sites for hydroxylation is 1. The fourth-order valence-electron chi connectivity index (χ4n) is 2.70. The van der Waals surface area contributed by atoms with Gasteiger partial charge in [0, 0.05) is 28.5 Å². The molecule has 2 aromatic heterocycles. The molecule has 0 saturated heterocycles. The summed E-state index contributed by atoms with van der Waals surface area (Å²) in [6.45, 7) is 3.04. The van der Waals surface area contributed by atoms with Crippen LogP contribution >= 0.6 is 11.3 Å². The van der Waals surface area contributed by atoms with Gasteiger partial charge in [-0.3, -0.25) is 9.36 Å². The lowest BCUT2D eigenvalue weighted by Gasteiger charge is -2.07. The third-order valence-electron chi connectivity index (χ3n) is 4.05. The van der Waals surface area contributed by atoms with Crippen molar-refractivity contribution in [3.05, 3.63) is 64.4 Å². The van der Waals surface area contributed by atoms with E-state index in [9.17, 15) is 9.59 Å². The Hall–Kier alpha value is -3.44. The van der Waals surface area contributed by atoms with E-state index in [-0.39, 0.29) is 19.0 Å². The number of ketones is 1. The number of carbonyl (C=O) groups is 2. The van der Waals surface area contributed by atoms with Gasteiger partial charge in [0.15, 0.2) is 18.3 Å². The lowest BCUT2D eigenvalue weighted by atomic mass is 10.1. The molecular weight excluding hydrogens is 378 g/mol. The monoisotopic (exact) mass is 395 g/mol. The van der Waals surface area contributed by atoms with Crippen molar-refractivity contribution in [1.29, 1.82) is 5.26 Å². The Morgan fingerprint density at radius 2 is 1.96 bits per heavy atom. The van der Waals surface area contributed by atoms with Crippen LogP contribution in [0.3, 0.4) is 0 Å². The van der Waals surface area contributed by atoms with Crippen molar-refractivity contribution in [3.63, 3.8) is 0 Å². The lowest BCUT2D eigenvalue weighted by Crippen LogP contribution is -2.19. The fourth-order valence-corrected chi connectivity index (χ4v) is 3.45. The van der Waals surface area contributed by atoms with E-state index in [1.807, 2.05) is 29.9 Å². The van der Waals surface area contributed by atoms with Crippen LogP contribution in [0.15, 0.2) is 41.9 Å². The first kappa shape index (κ1) is 19.3. The molecule has 142 valence electrons. The first-order chi connectivity index (χ1) is 13.5. The topological polar surface area (TPSA) is 94.2 Å². The van der Waals surface area contributed by atoms with E-state index in [1.54, 1.807) is 36.5 Å². The maximum absolute atomic E-state index is 12.5. The Labute approximate surface area is 165 Å². The largest absolute Gasteiger partial charge is 0.482 e. The molecule has 28 heavy (non-hydrogen) atoms. The second-order valence-corrected chi connectivity index (χ2v) is 6.82. The van der Waals surface area contributed by atoms with Crippen molar-refractivity contribution in [1.82, 2.24) is 9.55 Å². The second kappa shape index (κ2) is 8.50. The molecule has 0 aliphatic heterocycles. The highest BCUT2D eigenvalue weighted by atomic mass is 32.1. The molecule has 0 amide bonds. The minimum absolute atomic E-state index is 0.289. The van der Waals surface area contributed by atoms with Crippen LogP contribution in [0.1, 0.15) is 27.3 Å². The molecule has 2 heterocycles. The van der Waals surface area contributed by atoms with Gasteiger partial charge in [0.1, 0.15) is 5.75 Å². The number of hydrogen-bond acceptors (Lipinski definition) is 7. The Kier molecular flexibility index (Phi) is 5.87. The Balaban J connectivity index is 1.56. The molecule has 0 aliphatic carbocycles. The number of hydrogen-bond donors (Lipinski definition) is 0. The van der Waals surface area contributed by atoms with Gasteiger partial charge in [0.2, 0.25) is 5.78 Å². The number of benzene rings is 1. The lowest BCUT2D eigenvalue weighted by molar-refractivity contribution is -0.144. The standard InChI is InChI=1S/C20H17N3O4S/c1-13-9-17(14(2)23(13)20-22-7-8-28-20)18(24)11-27-19(25)12-26-16-5-3-15(10-21)4-6-16/h3-9H,11-12H2,1-2H3. The number of carbonyl (C=O) groups excluding carboxylic acids is 2. The Morgan fingerprint density at radius 3 is 2.61 bits per heavy atom. The van der Waals surface area contributed by atoms with Crippen LogP contribution in [0.5, 0.6) is 5.75 Å². The first-order valence-electron chi connectivity index (χ1n) is 8.40. The zero-order valence-electron chi connectivity index (χ0n) is 15.3. The third-order valence-corrected chi connectivity index (χ3v) is 4.80. The molecule has 0 fully saturated rings. The van der Waals surface area contributed by atoms with Gasteiger partial charge >= 0.3 is 5.97 Å². The number of nitrogens with zero attached hydrogens (tertiary/aromatic N) is 3. The van der Waals surface area contributed by atoms with Crippen LogP contribution in [0.2, 0.25) is 0 Å². The van der Waals surface area contributed by atoms with Gasteiger partial charge in [-0.2, -0.15) is 5.26 Å². The van der Waals surface area contributed by atoms with Gasteiger partial charge in [-0.25, -0.2) is 9.78 Å². The second-order valence-electron chi connectivity index (χ2n) is 5.94. The molecule has 0 N–H and O–H groups in total. The predicted molar refractivity (Wildman–Crippen MR) is 103 cm³/mol. The van der Waals surface area contributed by atoms with E-state index >= 15 is 0 Å². The number of thiazole rings is 1. The Bertz CT molecular complexity index is 1030. The average Bonchev–Trinajstić information content (AvgIpc) is 3.32. The summed E-state index contributed by atoms with van der Waals surface area (Å²) in [6, 6.07) is 10.1. The fraction of sp³-hybridized carbons (Fsp3) is 0.200. The number of nitriles is 1. The van der Waals surface area contributed by atoms with Crippen molar-refractivity contribution >= 4 is 23.1 Å². The quantitative estimate of drug-likeness (QED) is 0.450.